The van der Waals surface area contributed by atoms with Gasteiger partial charge < -0.3 is 10.4 Å². The lowest BCUT2D eigenvalue weighted by atomic mass is 10.1. The lowest BCUT2D eigenvalue weighted by Gasteiger charge is -2.17. The van der Waals surface area contributed by atoms with Gasteiger partial charge in [-0.25, -0.2) is 4.98 Å². The van der Waals surface area contributed by atoms with Crippen molar-refractivity contribution < 1.29 is 5.11 Å². The van der Waals surface area contributed by atoms with Gasteiger partial charge in [0.05, 0.1) is 6.10 Å². The van der Waals surface area contributed by atoms with E-state index in [0.717, 1.165) is 11.1 Å². The van der Waals surface area contributed by atoms with Gasteiger partial charge in [-0.15, -0.1) is 0 Å². The van der Waals surface area contributed by atoms with E-state index < -0.39 is 6.10 Å². The molecule has 2 heterocycles. The Morgan fingerprint density at radius 2 is 2.33 bits per heavy atom. The average molecular weight is 283 g/mol. The summed E-state index contributed by atoms with van der Waals surface area (Å²) in [6, 6.07) is 5.77. The van der Waals surface area contributed by atoms with Crippen LogP contribution in [0, 0.1) is 0 Å². The van der Waals surface area contributed by atoms with Crippen LogP contribution < -0.4 is 5.32 Å². The minimum Gasteiger partial charge on any atom is -0.387 e. The molecule has 2 atom stereocenters. The normalized spacial score (nSPS) is 14.4. The molecule has 0 aliphatic carbocycles. The van der Waals surface area contributed by atoms with Gasteiger partial charge in [0.25, 0.3) is 0 Å². The zero-order valence-electron chi connectivity index (χ0n) is 10.0. The monoisotopic (exact) mass is 282 g/mol. The van der Waals surface area contributed by atoms with Crippen LogP contribution in [-0.2, 0) is 0 Å². The Morgan fingerprint density at radius 3 is 3.00 bits per heavy atom. The second-order valence-electron chi connectivity index (χ2n) is 4.09. The summed E-state index contributed by atoms with van der Waals surface area (Å²) in [5.74, 6) is 0. The highest BCUT2D eigenvalue weighted by molar-refractivity contribution is 7.07. The number of aromatic nitrogens is 1. The van der Waals surface area contributed by atoms with E-state index >= 15 is 0 Å². The standard InChI is InChI=1S/C13H15ClN2OS/c1-9(11-3-2-5-15-13(11)14)16-7-12(17)10-4-6-18-8-10/h2-6,8-9,12,16-17H,7H2,1H3. The number of nitrogens with zero attached hydrogens (tertiary/aromatic N) is 1. The summed E-state index contributed by atoms with van der Waals surface area (Å²) in [6.07, 6.45) is 1.17. The highest BCUT2D eigenvalue weighted by Gasteiger charge is 2.13. The number of pyridine rings is 1. The molecule has 96 valence electrons. The van der Waals surface area contributed by atoms with Crippen LogP contribution in [0.4, 0.5) is 0 Å². The van der Waals surface area contributed by atoms with E-state index in [4.69, 9.17) is 11.6 Å². The van der Waals surface area contributed by atoms with Crippen molar-refractivity contribution in [3.8, 4) is 0 Å². The topological polar surface area (TPSA) is 45.1 Å². The predicted octanol–water partition coefficient (Wildman–Crippen LogP) is 3.18. The maximum absolute atomic E-state index is 9.97. The molecule has 3 nitrogen and oxygen atoms in total. The van der Waals surface area contributed by atoms with E-state index in [0.29, 0.717) is 11.7 Å². The van der Waals surface area contributed by atoms with Crippen molar-refractivity contribution in [3.05, 3.63) is 51.4 Å². The molecule has 0 saturated heterocycles. The molecule has 0 bridgehead atoms. The van der Waals surface area contributed by atoms with E-state index in [9.17, 15) is 5.11 Å². The van der Waals surface area contributed by atoms with Crippen LogP contribution in [0.3, 0.4) is 0 Å². The average Bonchev–Trinajstić information content (AvgIpc) is 2.90. The zero-order chi connectivity index (χ0) is 13.0. The molecular formula is C13H15ClN2OS. The van der Waals surface area contributed by atoms with Gasteiger partial charge in [0.2, 0.25) is 0 Å². The van der Waals surface area contributed by atoms with Gasteiger partial charge in [-0.2, -0.15) is 11.3 Å². The van der Waals surface area contributed by atoms with Crippen LogP contribution >= 0.6 is 22.9 Å². The number of thiophene rings is 1. The van der Waals surface area contributed by atoms with Crippen LogP contribution in [-0.4, -0.2) is 16.6 Å². The number of hydrogen-bond acceptors (Lipinski definition) is 4. The van der Waals surface area contributed by atoms with Crippen molar-refractivity contribution in [2.75, 3.05) is 6.54 Å². The molecule has 2 unspecified atom stereocenters. The third kappa shape index (κ3) is 3.29. The first-order valence-corrected chi connectivity index (χ1v) is 7.04. The summed E-state index contributed by atoms with van der Waals surface area (Å²) in [4.78, 5) is 4.04. The zero-order valence-corrected chi connectivity index (χ0v) is 11.6. The van der Waals surface area contributed by atoms with E-state index in [-0.39, 0.29) is 6.04 Å². The highest BCUT2D eigenvalue weighted by atomic mass is 35.5. The van der Waals surface area contributed by atoms with E-state index in [1.807, 2.05) is 35.9 Å². The van der Waals surface area contributed by atoms with E-state index in [2.05, 4.69) is 10.3 Å². The molecule has 18 heavy (non-hydrogen) atoms. The Labute approximate surface area is 115 Å². The van der Waals surface area contributed by atoms with Gasteiger partial charge in [0.1, 0.15) is 5.15 Å². The first-order chi connectivity index (χ1) is 8.68. The number of hydrogen-bond donors (Lipinski definition) is 2. The molecule has 0 aromatic carbocycles. The van der Waals surface area contributed by atoms with Crippen molar-refractivity contribution in [3.63, 3.8) is 0 Å². The third-order valence-electron chi connectivity index (χ3n) is 2.80. The molecule has 2 rings (SSSR count). The Bertz CT molecular complexity index is 489. The molecule has 0 spiro atoms. The van der Waals surface area contributed by atoms with Gasteiger partial charge in [-0.1, -0.05) is 17.7 Å². The van der Waals surface area contributed by atoms with Gasteiger partial charge in [0.15, 0.2) is 0 Å². The number of rotatable bonds is 5. The smallest absolute Gasteiger partial charge is 0.133 e. The number of aliphatic hydroxyl groups excluding tert-OH is 1. The first-order valence-electron chi connectivity index (χ1n) is 5.72. The molecule has 0 fully saturated rings. The summed E-state index contributed by atoms with van der Waals surface area (Å²) in [5.41, 5.74) is 1.88. The second kappa shape index (κ2) is 6.29. The van der Waals surface area contributed by atoms with Gasteiger partial charge >= 0.3 is 0 Å². The highest BCUT2D eigenvalue weighted by Crippen LogP contribution is 2.21. The van der Waals surface area contributed by atoms with Crippen molar-refractivity contribution >= 4 is 22.9 Å². The summed E-state index contributed by atoms with van der Waals surface area (Å²) in [5, 5.41) is 17.6. The maximum atomic E-state index is 9.97. The lowest BCUT2D eigenvalue weighted by molar-refractivity contribution is 0.171. The quantitative estimate of drug-likeness (QED) is 0.828. The second-order valence-corrected chi connectivity index (χ2v) is 5.22. The number of aliphatic hydroxyl groups is 1. The minimum absolute atomic E-state index is 0.0551. The Hall–Kier alpha value is -0.940. The molecule has 0 radical (unpaired) electrons. The van der Waals surface area contributed by atoms with Crippen molar-refractivity contribution in [1.82, 2.24) is 10.3 Å². The Balaban J connectivity index is 1.93. The van der Waals surface area contributed by atoms with Crippen molar-refractivity contribution in [2.45, 2.75) is 19.1 Å². The van der Waals surface area contributed by atoms with Crippen molar-refractivity contribution in [2.24, 2.45) is 0 Å². The molecule has 5 heteroatoms. The van der Waals surface area contributed by atoms with Gasteiger partial charge in [-0.3, -0.25) is 0 Å². The van der Waals surface area contributed by atoms with Crippen LogP contribution in [0.1, 0.15) is 30.2 Å². The molecule has 0 aliphatic heterocycles. The maximum Gasteiger partial charge on any atom is 0.133 e. The SMILES string of the molecule is CC(NCC(O)c1ccsc1)c1cccnc1Cl. The van der Waals surface area contributed by atoms with Gasteiger partial charge in [0, 0.05) is 24.3 Å². The van der Waals surface area contributed by atoms with Crippen LogP contribution in [0.2, 0.25) is 5.15 Å². The Morgan fingerprint density at radius 1 is 1.50 bits per heavy atom. The summed E-state index contributed by atoms with van der Waals surface area (Å²) < 4.78 is 0. The fraction of sp³-hybridized carbons (Fsp3) is 0.308. The molecule has 2 N–H and O–H groups in total. The molecule has 0 saturated carbocycles. The van der Waals surface area contributed by atoms with Crippen LogP contribution in [0.5, 0.6) is 0 Å². The molecular weight excluding hydrogens is 268 g/mol. The van der Waals surface area contributed by atoms with E-state index in [1.54, 1.807) is 17.5 Å². The fourth-order valence-corrected chi connectivity index (χ4v) is 2.69. The number of nitrogens with one attached hydrogen (secondary N) is 1. The van der Waals surface area contributed by atoms with Crippen molar-refractivity contribution in [1.29, 1.82) is 0 Å². The fourth-order valence-electron chi connectivity index (χ4n) is 1.70. The van der Waals surface area contributed by atoms with Crippen LogP contribution in [0.25, 0.3) is 0 Å². The molecule has 2 aromatic heterocycles. The minimum atomic E-state index is -0.492. The summed E-state index contributed by atoms with van der Waals surface area (Å²) in [6.45, 7) is 2.49. The predicted molar refractivity (Wildman–Crippen MR) is 74.9 cm³/mol. The van der Waals surface area contributed by atoms with Gasteiger partial charge in [-0.05, 0) is 35.4 Å². The van der Waals surface area contributed by atoms with E-state index in [1.165, 1.54) is 0 Å². The largest absolute Gasteiger partial charge is 0.387 e. The molecule has 0 amide bonds. The first kappa shape index (κ1) is 13.5. The molecule has 2 aromatic rings. The third-order valence-corrected chi connectivity index (χ3v) is 3.82. The van der Waals surface area contributed by atoms with Crippen LogP contribution in [0.15, 0.2) is 35.2 Å². The molecule has 0 aliphatic rings. The lowest BCUT2D eigenvalue weighted by Crippen LogP contribution is -2.24. The summed E-state index contributed by atoms with van der Waals surface area (Å²) >= 11 is 7.60. The Kier molecular flexibility index (Phi) is 4.72. The summed E-state index contributed by atoms with van der Waals surface area (Å²) in [7, 11) is 0. The number of halogens is 1.